The summed E-state index contributed by atoms with van der Waals surface area (Å²) >= 11 is 0. The molecule has 0 saturated heterocycles. The van der Waals surface area contributed by atoms with Gasteiger partial charge in [-0.15, -0.1) is 54.1 Å². The van der Waals surface area contributed by atoms with Crippen LogP contribution in [0.2, 0.25) is 19.6 Å². The number of hydrogen-bond acceptors (Lipinski definition) is 3. The molecular formula is C42H40IrN2OSi-2. The molecule has 0 N–H and O–H groups in total. The van der Waals surface area contributed by atoms with Crippen LogP contribution in [-0.4, -0.2) is 18.0 Å². The van der Waals surface area contributed by atoms with Gasteiger partial charge < -0.3 is 14.4 Å². The number of nitrogens with zero attached hydrogens (tertiary/aromatic N) is 2. The second-order valence-corrected chi connectivity index (χ2v) is 18.0. The first-order valence-corrected chi connectivity index (χ1v) is 19.3. The zero-order valence-electron chi connectivity index (χ0n) is 29.5. The maximum atomic E-state index is 8.62. The van der Waals surface area contributed by atoms with E-state index in [1.807, 2.05) is 72.8 Å². The van der Waals surface area contributed by atoms with Crippen LogP contribution in [0, 0.1) is 18.1 Å². The Morgan fingerprint density at radius 3 is 2.28 bits per heavy atom. The van der Waals surface area contributed by atoms with Gasteiger partial charge in [0, 0.05) is 40.6 Å². The van der Waals surface area contributed by atoms with Gasteiger partial charge in [-0.2, -0.15) is 0 Å². The monoisotopic (exact) mass is 811 g/mol. The molecule has 0 bridgehead atoms. The minimum absolute atomic E-state index is 0. The van der Waals surface area contributed by atoms with Crippen molar-refractivity contribution in [1.82, 2.24) is 9.97 Å². The van der Waals surface area contributed by atoms with E-state index in [2.05, 4.69) is 73.9 Å². The smallest absolute Gasteiger partial charge is 0.120 e. The van der Waals surface area contributed by atoms with E-state index in [1.54, 1.807) is 30.5 Å². The summed E-state index contributed by atoms with van der Waals surface area (Å²) in [6.07, 6.45) is 3.25. The van der Waals surface area contributed by atoms with E-state index in [1.165, 1.54) is 10.8 Å². The van der Waals surface area contributed by atoms with E-state index in [9.17, 15) is 0 Å². The number of pyridine rings is 2. The molecule has 1 radical (unpaired) electrons. The molecule has 47 heavy (non-hydrogen) atoms. The first-order valence-electron chi connectivity index (χ1n) is 16.8. The SMILES string of the molecule is CC(C)Cc1cc(-c2[c-]cccc2)ncc1[Si](C)(C)C.[2H]C([2H])(c1ccccc1)c1ccnc(-c2[c-]ccc3c2oc2ccccc23)c1.[Ir]. The van der Waals surface area contributed by atoms with Crippen molar-refractivity contribution in [3.63, 3.8) is 0 Å². The minimum atomic E-state index is -1.62. The Hall–Kier alpha value is -4.15. The van der Waals surface area contributed by atoms with Gasteiger partial charge in [-0.25, -0.2) is 0 Å². The van der Waals surface area contributed by atoms with Crippen molar-refractivity contribution in [2.75, 3.05) is 0 Å². The Labute approximate surface area is 296 Å². The standard InChI is InChI=1S/C24H16NO.C18H24NSi.Ir/c1-2-7-17(8-3-1)15-18-13-14-25-22(16-18)21-11-6-10-20-19-9-4-5-12-23(19)26-24(20)21;1-14(2)11-16-12-17(15-9-7-6-8-10-15)19-13-18(16)20(3,4)5;/h1-10,12-14,16H,15H2;6-9,12-14H,11H2,1-5H3;/q2*-1;/i15D2;;. The van der Waals surface area contributed by atoms with Crippen LogP contribution in [0.3, 0.4) is 0 Å². The molecule has 239 valence electrons. The van der Waals surface area contributed by atoms with E-state index in [0.717, 1.165) is 39.6 Å². The molecule has 0 atom stereocenters. The third kappa shape index (κ3) is 8.23. The summed E-state index contributed by atoms with van der Waals surface area (Å²) in [6, 6.07) is 41.3. The van der Waals surface area contributed by atoms with Crippen molar-refractivity contribution in [3.8, 4) is 22.5 Å². The summed E-state index contributed by atoms with van der Waals surface area (Å²) in [5, 5.41) is 3.54. The van der Waals surface area contributed by atoms with Crippen LogP contribution in [0.15, 0.2) is 126 Å². The largest absolute Gasteiger partial charge is 0.501 e. The van der Waals surface area contributed by atoms with Gasteiger partial charge in [0.15, 0.2) is 0 Å². The number of benzene rings is 4. The minimum Gasteiger partial charge on any atom is -0.501 e. The topological polar surface area (TPSA) is 38.9 Å². The number of rotatable bonds is 7. The van der Waals surface area contributed by atoms with E-state index in [-0.39, 0.29) is 20.1 Å². The summed E-state index contributed by atoms with van der Waals surface area (Å²) in [6.45, 7) is 11.7. The van der Waals surface area contributed by atoms with Gasteiger partial charge in [0.25, 0.3) is 0 Å². The van der Waals surface area contributed by atoms with Crippen LogP contribution in [0.25, 0.3) is 44.5 Å². The summed E-state index contributed by atoms with van der Waals surface area (Å²) in [7, 11) is -1.34. The Kier molecular flexibility index (Phi) is 10.1. The summed E-state index contributed by atoms with van der Waals surface area (Å²) in [5.74, 6) is 0.667. The third-order valence-corrected chi connectivity index (χ3v) is 9.89. The maximum Gasteiger partial charge on any atom is 0.120 e. The number of para-hydroxylation sites is 1. The van der Waals surface area contributed by atoms with E-state index in [0.29, 0.717) is 28.3 Å². The fraction of sp³-hybridized carbons (Fsp3) is 0.190. The number of hydrogen-bond donors (Lipinski definition) is 0. The van der Waals surface area contributed by atoms with Gasteiger partial charge in [0.05, 0.1) is 13.7 Å². The second-order valence-electron chi connectivity index (χ2n) is 13.0. The van der Waals surface area contributed by atoms with Crippen molar-refractivity contribution in [2.24, 2.45) is 5.92 Å². The molecule has 0 aliphatic rings. The van der Waals surface area contributed by atoms with Crippen molar-refractivity contribution in [1.29, 1.82) is 0 Å². The molecular weight excluding hydrogens is 769 g/mol. The second kappa shape index (κ2) is 15.2. The van der Waals surface area contributed by atoms with Gasteiger partial charge in [-0.1, -0.05) is 111 Å². The fourth-order valence-corrected chi connectivity index (χ4v) is 7.28. The molecule has 7 rings (SSSR count). The van der Waals surface area contributed by atoms with E-state index >= 15 is 0 Å². The van der Waals surface area contributed by atoms with Gasteiger partial charge in [-0.05, 0) is 58.5 Å². The Morgan fingerprint density at radius 2 is 1.53 bits per heavy atom. The first kappa shape index (κ1) is 31.4. The molecule has 0 aliphatic heterocycles. The Bertz CT molecular complexity index is 2160. The zero-order valence-corrected chi connectivity index (χ0v) is 30.9. The summed E-state index contributed by atoms with van der Waals surface area (Å²) in [5.41, 5.74) is 7.66. The van der Waals surface area contributed by atoms with Crippen LogP contribution in [0.5, 0.6) is 0 Å². The maximum absolute atomic E-state index is 8.62. The molecule has 0 aliphatic carbocycles. The molecule has 0 unspecified atom stereocenters. The number of aromatic nitrogens is 2. The van der Waals surface area contributed by atoms with Crippen LogP contribution in [0.1, 0.15) is 33.3 Å². The fourth-order valence-electron chi connectivity index (χ4n) is 5.69. The molecule has 5 heteroatoms. The predicted molar refractivity (Wildman–Crippen MR) is 195 cm³/mol. The van der Waals surface area contributed by atoms with Gasteiger partial charge in [0.2, 0.25) is 0 Å². The van der Waals surface area contributed by atoms with Crippen LogP contribution in [0.4, 0.5) is 0 Å². The average Bonchev–Trinajstić information content (AvgIpc) is 3.48. The average molecular weight is 811 g/mol. The van der Waals surface area contributed by atoms with Crippen LogP contribution in [-0.2, 0) is 32.9 Å². The van der Waals surface area contributed by atoms with Crippen molar-refractivity contribution in [3.05, 3.63) is 150 Å². The molecule has 3 heterocycles. The van der Waals surface area contributed by atoms with Crippen molar-refractivity contribution in [2.45, 2.75) is 46.3 Å². The van der Waals surface area contributed by atoms with E-state index in [4.69, 9.17) is 7.16 Å². The Morgan fingerprint density at radius 1 is 0.766 bits per heavy atom. The van der Waals surface area contributed by atoms with Crippen LogP contribution < -0.4 is 5.19 Å². The quantitative estimate of drug-likeness (QED) is 0.119. The molecule has 0 fully saturated rings. The van der Waals surface area contributed by atoms with Crippen molar-refractivity contribution >= 4 is 35.2 Å². The van der Waals surface area contributed by atoms with E-state index < -0.39 is 14.4 Å². The first-order chi connectivity index (χ1) is 23.0. The van der Waals surface area contributed by atoms with Crippen LogP contribution >= 0.6 is 0 Å². The summed E-state index contributed by atoms with van der Waals surface area (Å²) in [4.78, 5) is 9.17. The number of furan rings is 1. The number of fused-ring (bicyclic) bond motifs is 3. The van der Waals surface area contributed by atoms with Gasteiger partial charge in [-0.3, -0.25) is 0 Å². The zero-order chi connectivity index (χ0) is 33.9. The summed E-state index contributed by atoms with van der Waals surface area (Å²) < 4.78 is 23.3. The normalized spacial score (nSPS) is 12.2. The molecule has 3 nitrogen and oxygen atoms in total. The van der Waals surface area contributed by atoms with Crippen molar-refractivity contribution < 1.29 is 27.3 Å². The molecule has 7 aromatic rings. The molecule has 0 saturated carbocycles. The Balaban J connectivity index is 0.000000199. The van der Waals surface area contributed by atoms with Gasteiger partial charge in [0.1, 0.15) is 5.58 Å². The molecule has 3 aromatic heterocycles. The molecule has 0 amide bonds. The predicted octanol–water partition coefficient (Wildman–Crippen LogP) is 10.3. The molecule has 4 aromatic carbocycles. The van der Waals surface area contributed by atoms with Gasteiger partial charge >= 0.3 is 0 Å². The third-order valence-electron chi connectivity index (χ3n) is 7.83. The molecule has 0 spiro atoms.